The maximum atomic E-state index is 12.2. The van der Waals surface area contributed by atoms with Gasteiger partial charge in [-0.05, 0) is 18.2 Å². The van der Waals surface area contributed by atoms with Crippen molar-refractivity contribution in [1.82, 2.24) is 5.32 Å². The SMILES string of the molecule is COc1ccc(NC(=O)CSC2=C(C#N)C(C)(C)[C@H](C#N)C(=O)N2)cc1Cl. The third-order valence-corrected chi connectivity index (χ3v) is 5.41. The number of thioether (sulfide) groups is 1. The van der Waals surface area contributed by atoms with Crippen LogP contribution in [-0.4, -0.2) is 24.7 Å². The average molecular weight is 405 g/mol. The van der Waals surface area contributed by atoms with Gasteiger partial charge in [-0.1, -0.05) is 37.2 Å². The summed E-state index contributed by atoms with van der Waals surface area (Å²) in [7, 11) is 1.49. The molecular formula is C18H17ClN4O3S. The van der Waals surface area contributed by atoms with E-state index in [1.165, 1.54) is 7.11 Å². The Kier molecular flexibility index (Phi) is 6.37. The lowest BCUT2D eigenvalue weighted by Crippen LogP contribution is -2.44. The third kappa shape index (κ3) is 4.36. The van der Waals surface area contributed by atoms with E-state index in [4.69, 9.17) is 16.3 Å². The summed E-state index contributed by atoms with van der Waals surface area (Å²) in [5.74, 6) is -1.32. The topological polar surface area (TPSA) is 115 Å². The van der Waals surface area contributed by atoms with E-state index in [2.05, 4.69) is 16.7 Å². The van der Waals surface area contributed by atoms with Crippen LogP contribution >= 0.6 is 23.4 Å². The number of nitriles is 2. The molecule has 0 saturated carbocycles. The van der Waals surface area contributed by atoms with E-state index in [1.54, 1.807) is 32.0 Å². The van der Waals surface area contributed by atoms with Gasteiger partial charge in [-0.3, -0.25) is 9.59 Å². The second-order valence-electron chi connectivity index (χ2n) is 6.28. The highest BCUT2D eigenvalue weighted by Crippen LogP contribution is 2.41. The summed E-state index contributed by atoms with van der Waals surface area (Å²) in [6, 6.07) is 8.83. The summed E-state index contributed by atoms with van der Waals surface area (Å²) >= 11 is 7.06. The molecular weight excluding hydrogens is 388 g/mol. The lowest BCUT2D eigenvalue weighted by molar-refractivity contribution is -0.125. The van der Waals surface area contributed by atoms with Gasteiger partial charge in [0.15, 0.2) is 0 Å². The number of rotatable bonds is 5. The van der Waals surface area contributed by atoms with Gasteiger partial charge in [-0.15, -0.1) is 0 Å². The fraction of sp³-hybridized carbons (Fsp3) is 0.333. The van der Waals surface area contributed by atoms with E-state index >= 15 is 0 Å². The van der Waals surface area contributed by atoms with Gasteiger partial charge < -0.3 is 15.4 Å². The number of carbonyl (C=O) groups excluding carboxylic acids is 2. The standard InChI is InChI=1S/C18H17ClN4O3S/c1-18(2)11(7-20)16(25)23-17(12(18)8-21)27-9-15(24)22-10-4-5-14(26-3)13(19)6-10/h4-6,11H,9H2,1-3H3,(H,22,24)(H,23,25)/t11-/m1/s1. The number of nitrogens with zero attached hydrogens (tertiary/aromatic N) is 2. The monoisotopic (exact) mass is 404 g/mol. The van der Waals surface area contributed by atoms with Crippen molar-refractivity contribution in [3.63, 3.8) is 0 Å². The Morgan fingerprint density at radius 3 is 2.70 bits per heavy atom. The summed E-state index contributed by atoms with van der Waals surface area (Å²) in [6.07, 6.45) is 0. The van der Waals surface area contributed by atoms with Crippen LogP contribution in [0, 0.1) is 34.0 Å². The number of ether oxygens (including phenoxy) is 1. The Morgan fingerprint density at radius 2 is 2.15 bits per heavy atom. The van der Waals surface area contributed by atoms with Crippen molar-refractivity contribution in [2.75, 3.05) is 18.2 Å². The molecule has 9 heteroatoms. The Morgan fingerprint density at radius 1 is 1.44 bits per heavy atom. The van der Waals surface area contributed by atoms with Gasteiger partial charge in [0.1, 0.15) is 11.7 Å². The highest BCUT2D eigenvalue weighted by molar-refractivity contribution is 8.03. The van der Waals surface area contributed by atoms with E-state index in [1.807, 2.05) is 6.07 Å². The molecule has 0 bridgehead atoms. The molecule has 1 aromatic rings. The van der Waals surface area contributed by atoms with Crippen LogP contribution in [0.15, 0.2) is 28.8 Å². The molecule has 0 aliphatic carbocycles. The summed E-state index contributed by atoms with van der Waals surface area (Å²) in [5.41, 5.74) is -0.161. The van der Waals surface area contributed by atoms with Crippen LogP contribution in [0.2, 0.25) is 5.02 Å². The van der Waals surface area contributed by atoms with Gasteiger partial charge in [0.05, 0.1) is 40.6 Å². The number of hydrogen-bond donors (Lipinski definition) is 2. The molecule has 1 aliphatic rings. The number of amides is 2. The summed E-state index contributed by atoms with van der Waals surface area (Å²) in [6.45, 7) is 3.33. The molecule has 2 amide bonds. The fourth-order valence-corrected chi connectivity index (χ4v) is 3.84. The number of halogens is 1. The molecule has 27 heavy (non-hydrogen) atoms. The van der Waals surface area contributed by atoms with Crippen molar-refractivity contribution >= 4 is 40.9 Å². The molecule has 0 radical (unpaired) electrons. The van der Waals surface area contributed by atoms with E-state index in [0.717, 1.165) is 11.8 Å². The average Bonchev–Trinajstić information content (AvgIpc) is 2.59. The first-order chi connectivity index (χ1) is 12.7. The highest BCUT2D eigenvalue weighted by Gasteiger charge is 2.44. The maximum absolute atomic E-state index is 12.2. The van der Waals surface area contributed by atoms with Crippen LogP contribution in [0.4, 0.5) is 5.69 Å². The Labute approximate surface area is 166 Å². The van der Waals surface area contributed by atoms with Gasteiger partial charge in [-0.2, -0.15) is 10.5 Å². The van der Waals surface area contributed by atoms with Crippen molar-refractivity contribution in [2.45, 2.75) is 13.8 Å². The zero-order valence-electron chi connectivity index (χ0n) is 14.9. The number of benzene rings is 1. The molecule has 140 valence electrons. The predicted octanol–water partition coefficient (Wildman–Crippen LogP) is 3.05. The normalized spacial score (nSPS) is 18.1. The molecule has 2 rings (SSSR count). The molecule has 0 saturated heterocycles. The van der Waals surface area contributed by atoms with Gasteiger partial charge >= 0.3 is 0 Å². The first-order valence-electron chi connectivity index (χ1n) is 7.86. The first-order valence-corrected chi connectivity index (χ1v) is 9.22. The minimum atomic E-state index is -0.966. The Hall–Kier alpha value is -2.68. The molecule has 7 nitrogen and oxygen atoms in total. The van der Waals surface area contributed by atoms with Crippen molar-refractivity contribution in [3.05, 3.63) is 33.8 Å². The van der Waals surface area contributed by atoms with Crippen molar-refractivity contribution in [2.24, 2.45) is 11.3 Å². The van der Waals surface area contributed by atoms with Gasteiger partial charge in [0, 0.05) is 11.1 Å². The maximum Gasteiger partial charge on any atom is 0.243 e. The number of anilines is 1. The second kappa shape index (κ2) is 8.34. The van der Waals surface area contributed by atoms with Gasteiger partial charge in [0.2, 0.25) is 11.8 Å². The molecule has 0 aromatic heterocycles. The summed E-state index contributed by atoms with van der Waals surface area (Å²) < 4.78 is 5.05. The largest absolute Gasteiger partial charge is 0.495 e. The minimum absolute atomic E-state index is 0.0300. The zero-order valence-corrected chi connectivity index (χ0v) is 16.5. The van der Waals surface area contributed by atoms with E-state index < -0.39 is 17.2 Å². The van der Waals surface area contributed by atoms with Crippen LogP contribution in [-0.2, 0) is 9.59 Å². The quantitative estimate of drug-likeness (QED) is 0.779. The summed E-state index contributed by atoms with van der Waals surface area (Å²) in [5, 5.41) is 24.6. The number of allylic oxidation sites excluding steroid dienone is 1. The lowest BCUT2D eigenvalue weighted by Gasteiger charge is -2.34. The fourth-order valence-electron chi connectivity index (χ4n) is 2.61. The van der Waals surface area contributed by atoms with E-state index in [0.29, 0.717) is 21.5 Å². The van der Waals surface area contributed by atoms with Crippen molar-refractivity contribution in [1.29, 1.82) is 10.5 Å². The molecule has 2 N–H and O–H groups in total. The number of hydrogen-bond acceptors (Lipinski definition) is 6. The second-order valence-corrected chi connectivity index (χ2v) is 7.67. The van der Waals surface area contributed by atoms with Crippen molar-refractivity contribution < 1.29 is 14.3 Å². The van der Waals surface area contributed by atoms with Crippen LogP contribution < -0.4 is 15.4 Å². The molecule has 1 atom stereocenters. The number of nitrogens with one attached hydrogen (secondary N) is 2. The highest BCUT2D eigenvalue weighted by atomic mass is 35.5. The van der Waals surface area contributed by atoms with Crippen molar-refractivity contribution in [3.8, 4) is 17.9 Å². The lowest BCUT2D eigenvalue weighted by atomic mass is 9.72. The molecule has 1 aromatic carbocycles. The minimum Gasteiger partial charge on any atom is -0.495 e. The van der Waals surface area contributed by atoms with Gasteiger partial charge in [-0.25, -0.2) is 0 Å². The van der Waals surface area contributed by atoms with Crippen LogP contribution in [0.25, 0.3) is 0 Å². The predicted molar refractivity (Wildman–Crippen MR) is 103 cm³/mol. The van der Waals surface area contributed by atoms with Crippen LogP contribution in [0.3, 0.4) is 0 Å². The van der Waals surface area contributed by atoms with E-state index in [9.17, 15) is 20.1 Å². The van der Waals surface area contributed by atoms with Crippen LogP contribution in [0.1, 0.15) is 13.8 Å². The molecule has 1 aliphatic heterocycles. The first kappa shape index (κ1) is 20.6. The zero-order chi connectivity index (χ0) is 20.2. The molecule has 0 unspecified atom stereocenters. The number of carbonyl (C=O) groups is 2. The number of methoxy groups -OCH3 is 1. The third-order valence-electron chi connectivity index (χ3n) is 4.12. The summed E-state index contributed by atoms with van der Waals surface area (Å²) in [4.78, 5) is 24.3. The molecule has 0 fully saturated rings. The smallest absolute Gasteiger partial charge is 0.243 e. The van der Waals surface area contributed by atoms with Gasteiger partial charge in [0.25, 0.3) is 0 Å². The van der Waals surface area contributed by atoms with Crippen LogP contribution in [0.5, 0.6) is 5.75 Å². The molecule has 0 spiro atoms. The molecule has 1 heterocycles. The van der Waals surface area contributed by atoms with E-state index in [-0.39, 0.29) is 17.2 Å². The Bertz CT molecular complexity index is 899. The Balaban J connectivity index is 2.11.